The first-order valence-electron chi connectivity index (χ1n) is 5.94. The molecule has 1 aliphatic rings. The van der Waals surface area contributed by atoms with Gasteiger partial charge in [0.05, 0.1) is 0 Å². The summed E-state index contributed by atoms with van der Waals surface area (Å²) >= 11 is 1.81. The summed E-state index contributed by atoms with van der Waals surface area (Å²) in [5.41, 5.74) is 0. The summed E-state index contributed by atoms with van der Waals surface area (Å²) in [5, 5.41) is 1.39. The fourth-order valence-corrected chi connectivity index (χ4v) is 2.42. The van der Waals surface area contributed by atoms with E-state index in [1.54, 1.807) is 0 Å². The molecule has 15 heavy (non-hydrogen) atoms. The van der Waals surface area contributed by atoms with Crippen molar-refractivity contribution in [2.75, 3.05) is 13.1 Å². The molecule has 0 aromatic carbocycles. The van der Waals surface area contributed by atoms with Gasteiger partial charge in [-0.25, -0.2) is 4.58 Å². The molecule has 0 bridgehead atoms. The van der Waals surface area contributed by atoms with Crippen LogP contribution in [0.5, 0.6) is 0 Å². The van der Waals surface area contributed by atoms with Crippen LogP contribution in [0.15, 0.2) is 23.6 Å². The fourth-order valence-electron chi connectivity index (χ4n) is 1.57. The highest BCUT2D eigenvalue weighted by atomic mass is 32.2. The lowest BCUT2D eigenvalue weighted by molar-refractivity contribution is -0.525. The van der Waals surface area contributed by atoms with E-state index in [0.29, 0.717) is 0 Å². The summed E-state index contributed by atoms with van der Waals surface area (Å²) in [6.07, 6.45) is 9.43. The van der Waals surface area contributed by atoms with Gasteiger partial charge in [0, 0.05) is 23.8 Å². The summed E-state index contributed by atoms with van der Waals surface area (Å²) in [6.45, 7) is 10.9. The second-order valence-electron chi connectivity index (χ2n) is 3.93. The summed E-state index contributed by atoms with van der Waals surface area (Å²) in [7, 11) is 0. The minimum atomic E-state index is 1.17. The van der Waals surface area contributed by atoms with Crippen LogP contribution in [-0.4, -0.2) is 22.7 Å². The molecule has 0 unspecified atom stereocenters. The van der Waals surface area contributed by atoms with Crippen molar-refractivity contribution in [3.05, 3.63) is 23.6 Å². The SMILES string of the molecule is C=C1C=CC(=[N+](CCCC)CCCC)S1. The Balaban J connectivity index is 2.61. The zero-order valence-corrected chi connectivity index (χ0v) is 10.8. The number of allylic oxidation sites excluding steroid dienone is 1. The predicted molar refractivity (Wildman–Crippen MR) is 70.7 cm³/mol. The van der Waals surface area contributed by atoms with Crippen LogP contribution in [0.4, 0.5) is 0 Å². The molecule has 0 fully saturated rings. The summed E-state index contributed by atoms with van der Waals surface area (Å²) in [4.78, 5) is 1.17. The molecule has 0 amide bonds. The minimum absolute atomic E-state index is 1.17. The van der Waals surface area contributed by atoms with Gasteiger partial charge in [-0.05, 0) is 17.8 Å². The van der Waals surface area contributed by atoms with Crippen LogP contribution >= 0.6 is 11.8 Å². The normalized spacial score (nSPS) is 15.1. The Bertz CT molecular complexity index is 266. The molecule has 1 aliphatic heterocycles. The lowest BCUT2D eigenvalue weighted by Crippen LogP contribution is -2.19. The van der Waals surface area contributed by atoms with Gasteiger partial charge in [-0.15, -0.1) is 0 Å². The third kappa shape index (κ3) is 4.25. The number of hydrogen-bond donors (Lipinski definition) is 0. The first kappa shape index (κ1) is 12.6. The molecule has 0 spiro atoms. The van der Waals surface area contributed by atoms with E-state index < -0.39 is 0 Å². The first-order valence-corrected chi connectivity index (χ1v) is 6.76. The highest BCUT2D eigenvalue weighted by Crippen LogP contribution is 2.24. The van der Waals surface area contributed by atoms with Gasteiger partial charge in [0.1, 0.15) is 13.1 Å². The number of thioether (sulfide) groups is 1. The molecule has 0 saturated carbocycles. The second-order valence-corrected chi connectivity index (χ2v) is 5.08. The fraction of sp³-hybridized carbons (Fsp3) is 0.615. The van der Waals surface area contributed by atoms with E-state index in [4.69, 9.17) is 0 Å². The van der Waals surface area contributed by atoms with Gasteiger partial charge in [-0.2, -0.15) is 0 Å². The minimum Gasteiger partial charge on any atom is -0.224 e. The van der Waals surface area contributed by atoms with Gasteiger partial charge in [0.15, 0.2) is 0 Å². The number of hydrogen-bond acceptors (Lipinski definition) is 1. The van der Waals surface area contributed by atoms with E-state index in [2.05, 4.69) is 37.2 Å². The predicted octanol–water partition coefficient (Wildman–Crippen LogP) is 3.81. The van der Waals surface area contributed by atoms with Crippen molar-refractivity contribution in [2.24, 2.45) is 0 Å². The van der Waals surface area contributed by atoms with Crippen molar-refractivity contribution >= 4 is 16.8 Å². The van der Waals surface area contributed by atoms with Crippen LogP contribution in [-0.2, 0) is 0 Å². The van der Waals surface area contributed by atoms with Crippen molar-refractivity contribution in [3.63, 3.8) is 0 Å². The van der Waals surface area contributed by atoms with Crippen LogP contribution in [0.2, 0.25) is 0 Å². The van der Waals surface area contributed by atoms with Crippen molar-refractivity contribution in [2.45, 2.75) is 39.5 Å². The van der Waals surface area contributed by atoms with Crippen molar-refractivity contribution in [1.82, 2.24) is 0 Å². The van der Waals surface area contributed by atoms with Gasteiger partial charge in [0.2, 0.25) is 5.04 Å². The van der Waals surface area contributed by atoms with E-state index in [0.717, 1.165) is 0 Å². The molecule has 0 N–H and O–H groups in total. The number of unbranched alkanes of at least 4 members (excludes halogenated alkanes) is 2. The zero-order chi connectivity index (χ0) is 11.1. The summed E-state index contributed by atoms with van der Waals surface area (Å²) in [6, 6.07) is 0. The third-order valence-corrected chi connectivity index (χ3v) is 3.52. The van der Waals surface area contributed by atoms with E-state index in [1.807, 2.05) is 11.8 Å². The smallest absolute Gasteiger partial charge is 0.224 e. The van der Waals surface area contributed by atoms with Crippen molar-refractivity contribution < 1.29 is 4.58 Å². The molecule has 84 valence electrons. The maximum atomic E-state index is 3.98. The highest BCUT2D eigenvalue weighted by Gasteiger charge is 2.17. The average molecular weight is 224 g/mol. The van der Waals surface area contributed by atoms with Crippen LogP contribution in [0.25, 0.3) is 0 Å². The molecule has 1 rings (SSSR count). The van der Waals surface area contributed by atoms with E-state index >= 15 is 0 Å². The quantitative estimate of drug-likeness (QED) is 0.620. The van der Waals surface area contributed by atoms with Gasteiger partial charge in [-0.1, -0.05) is 33.3 Å². The Hall–Kier alpha value is -0.500. The van der Waals surface area contributed by atoms with Crippen LogP contribution < -0.4 is 0 Å². The van der Waals surface area contributed by atoms with E-state index in [-0.39, 0.29) is 0 Å². The summed E-state index contributed by atoms with van der Waals surface area (Å²) in [5.74, 6) is 0. The topological polar surface area (TPSA) is 3.01 Å². The molecule has 2 heteroatoms. The molecule has 0 aliphatic carbocycles. The van der Waals surface area contributed by atoms with Gasteiger partial charge >= 0.3 is 0 Å². The van der Waals surface area contributed by atoms with Gasteiger partial charge < -0.3 is 0 Å². The molecule has 1 nitrogen and oxygen atoms in total. The lowest BCUT2D eigenvalue weighted by atomic mass is 10.3. The van der Waals surface area contributed by atoms with Gasteiger partial charge in [0.25, 0.3) is 0 Å². The van der Waals surface area contributed by atoms with Crippen LogP contribution in [0, 0.1) is 0 Å². The molecule has 0 aromatic heterocycles. The van der Waals surface area contributed by atoms with Crippen molar-refractivity contribution in [1.29, 1.82) is 0 Å². The maximum absolute atomic E-state index is 3.98. The Morgan fingerprint density at radius 1 is 1.13 bits per heavy atom. The van der Waals surface area contributed by atoms with E-state index in [1.165, 1.54) is 48.7 Å². The highest BCUT2D eigenvalue weighted by molar-refractivity contribution is 8.17. The Labute approximate surface area is 98.0 Å². The first-order chi connectivity index (χ1) is 7.27. The Morgan fingerprint density at radius 2 is 1.73 bits per heavy atom. The molecular weight excluding hydrogens is 202 g/mol. The number of rotatable bonds is 6. The molecule has 0 atom stereocenters. The largest absolute Gasteiger partial charge is 0.239 e. The summed E-state index contributed by atoms with van der Waals surface area (Å²) < 4.78 is 2.51. The Kier molecular flexibility index (Phi) is 5.77. The third-order valence-electron chi connectivity index (χ3n) is 2.52. The lowest BCUT2D eigenvalue weighted by Gasteiger charge is -2.04. The zero-order valence-electron chi connectivity index (χ0n) is 9.96. The number of nitrogens with zero attached hydrogens (tertiary/aromatic N) is 1. The van der Waals surface area contributed by atoms with E-state index in [9.17, 15) is 0 Å². The molecule has 0 saturated heterocycles. The second kappa shape index (κ2) is 6.89. The van der Waals surface area contributed by atoms with Crippen molar-refractivity contribution in [3.8, 4) is 0 Å². The average Bonchev–Trinajstić information content (AvgIpc) is 2.65. The monoisotopic (exact) mass is 224 g/mol. The standard InChI is InChI=1S/C13H22NS/c1-4-6-10-14(11-7-5-2)13-9-8-12(3)15-13/h8-9H,3-7,10-11H2,1-2H3/q+1. The van der Waals surface area contributed by atoms with Crippen LogP contribution in [0.1, 0.15) is 39.5 Å². The van der Waals surface area contributed by atoms with Crippen LogP contribution in [0.3, 0.4) is 0 Å². The maximum Gasteiger partial charge on any atom is 0.239 e. The van der Waals surface area contributed by atoms with Gasteiger partial charge in [-0.3, -0.25) is 0 Å². The molecular formula is C13H22NS+. The molecule has 0 aromatic rings. The molecule has 0 radical (unpaired) electrons. The molecule has 1 heterocycles. The Morgan fingerprint density at radius 3 is 2.13 bits per heavy atom.